The smallest absolute Gasteiger partial charge is 0.337 e. The number of fused-ring (bicyclic) bond motifs is 1. The maximum atomic E-state index is 11.5. The summed E-state index contributed by atoms with van der Waals surface area (Å²) in [6.45, 7) is 0.814. The first-order valence-corrected chi connectivity index (χ1v) is 5.48. The second-order valence-corrected chi connectivity index (χ2v) is 4.02. The van der Waals surface area contributed by atoms with Gasteiger partial charge in [-0.25, -0.2) is 4.79 Å². The summed E-state index contributed by atoms with van der Waals surface area (Å²) in [7, 11) is 5.29. The van der Waals surface area contributed by atoms with Gasteiger partial charge in [-0.3, -0.25) is 0 Å². The van der Waals surface area contributed by atoms with E-state index in [9.17, 15) is 4.79 Å². The Kier molecular flexibility index (Phi) is 3.15. The van der Waals surface area contributed by atoms with Crippen LogP contribution in [0.1, 0.15) is 15.9 Å². The standard InChI is InChI=1S/C13H16N2O2/c1-14-7-10-8-15(2)12-6-9(13(16)17-3)4-5-11(10)12/h4-6,8,14H,7H2,1-3H3. The zero-order valence-electron chi connectivity index (χ0n) is 10.3. The molecule has 90 valence electrons. The van der Waals surface area contributed by atoms with Crippen molar-refractivity contribution in [1.82, 2.24) is 9.88 Å². The van der Waals surface area contributed by atoms with Crippen LogP contribution in [0.2, 0.25) is 0 Å². The van der Waals surface area contributed by atoms with Gasteiger partial charge < -0.3 is 14.6 Å². The molecule has 4 heteroatoms. The number of hydrogen-bond acceptors (Lipinski definition) is 3. The molecule has 1 heterocycles. The number of benzene rings is 1. The zero-order chi connectivity index (χ0) is 12.4. The van der Waals surface area contributed by atoms with Crippen LogP contribution < -0.4 is 5.32 Å². The first-order valence-electron chi connectivity index (χ1n) is 5.48. The number of carbonyl (C=O) groups is 1. The molecule has 0 aliphatic heterocycles. The summed E-state index contributed by atoms with van der Waals surface area (Å²) in [5, 5.41) is 4.29. The average molecular weight is 232 g/mol. The molecule has 17 heavy (non-hydrogen) atoms. The van der Waals surface area contributed by atoms with E-state index in [4.69, 9.17) is 4.74 Å². The Morgan fingerprint density at radius 2 is 2.24 bits per heavy atom. The third-order valence-corrected chi connectivity index (χ3v) is 2.86. The minimum absolute atomic E-state index is 0.303. The van der Waals surface area contributed by atoms with E-state index in [-0.39, 0.29) is 5.97 Å². The number of esters is 1. The van der Waals surface area contributed by atoms with Gasteiger partial charge in [0.1, 0.15) is 0 Å². The van der Waals surface area contributed by atoms with Gasteiger partial charge in [0.2, 0.25) is 0 Å². The lowest BCUT2D eigenvalue weighted by atomic mass is 10.1. The molecule has 2 rings (SSSR count). The van der Waals surface area contributed by atoms with Crippen LogP contribution in [0.4, 0.5) is 0 Å². The van der Waals surface area contributed by atoms with Crippen molar-refractivity contribution in [2.75, 3.05) is 14.2 Å². The summed E-state index contributed by atoms with van der Waals surface area (Å²) in [5.41, 5.74) is 2.84. The van der Waals surface area contributed by atoms with E-state index in [0.717, 1.165) is 17.4 Å². The van der Waals surface area contributed by atoms with Gasteiger partial charge in [0, 0.05) is 30.7 Å². The summed E-state index contributed by atoms with van der Waals surface area (Å²) in [5.74, 6) is -0.303. The predicted molar refractivity (Wildman–Crippen MR) is 67.0 cm³/mol. The van der Waals surface area contributed by atoms with Gasteiger partial charge in [0.25, 0.3) is 0 Å². The number of ether oxygens (including phenoxy) is 1. The molecule has 0 fully saturated rings. The van der Waals surface area contributed by atoms with Gasteiger partial charge in [-0.2, -0.15) is 0 Å². The molecular formula is C13H16N2O2. The van der Waals surface area contributed by atoms with Gasteiger partial charge >= 0.3 is 5.97 Å². The van der Waals surface area contributed by atoms with Crippen LogP contribution in [-0.2, 0) is 18.3 Å². The highest BCUT2D eigenvalue weighted by Crippen LogP contribution is 2.22. The molecule has 0 bridgehead atoms. The second kappa shape index (κ2) is 4.59. The first-order chi connectivity index (χ1) is 8.17. The molecule has 1 aromatic carbocycles. The summed E-state index contributed by atoms with van der Waals surface area (Å²) in [4.78, 5) is 11.5. The van der Waals surface area contributed by atoms with E-state index in [2.05, 4.69) is 11.5 Å². The van der Waals surface area contributed by atoms with Crippen molar-refractivity contribution in [3.63, 3.8) is 0 Å². The van der Waals surface area contributed by atoms with Crippen molar-refractivity contribution in [3.8, 4) is 0 Å². The third kappa shape index (κ3) is 2.03. The molecule has 0 spiro atoms. The SMILES string of the molecule is CNCc1cn(C)c2cc(C(=O)OC)ccc12. The molecule has 0 saturated heterocycles. The molecule has 0 aliphatic rings. The summed E-state index contributed by atoms with van der Waals surface area (Å²) in [6.07, 6.45) is 2.07. The molecular weight excluding hydrogens is 216 g/mol. The third-order valence-electron chi connectivity index (χ3n) is 2.86. The number of nitrogens with one attached hydrogen (secondary N) is 1. The number of aryl methyl sites for hydroxylation is 1. The van der Waals surface area contributed by atoms with Crippen molar-refractivity contribution < 1.29 is 9.53 Å². The molecule has 4 nitrogen and oxygen atoms in total. The lowest BCUT2D eigenvalue weighted by Crippen LogP contribution is -2.04. The number of hydrogen-bond donors (Lipinski definition) is 1. The number of carbonyl (C=O) groups excluding carboxylic acids is 1. The summed E-state index contributed by atoms with van der Waals surface area (Å²) < 4.78 is 6.74. The molecule has 0 aliphatic carbocycles. The Morgan fingerprint density at radius 3 is 2.88 bits per heavy atom. The lowest BCUT2D eigenvalue weighted by Gasteiger charge is -2.01. The van der Waals surface area contributed by atoms with Crippen LogP contribution in [0.5, 0.6) is 0 Å². The van der Waals surface area contributed by atoms with Gasteiger partial charge in [-0.15, -0.1) is 0 Å². The van der Waals surface area contributed by atoms with Crippen molar-refractivity contribution in [1.29, 1.82) is 0 Å². The summed E-state index contributed by atoms with van der Waals surface area (Å²) >= 11 is 0. The predicted octanol–water partition coefficient (Wildman–Crippen LogP) is 1.68. The minimum atomic E-state index is -0.303. The first kappa shape index (κ1) is 11.7. The van der Waals surface area contributed by atoms with Crippen LogP contribution in [0.25, 0.3) is 10.9 Å². The molecule has 0 saturated carbocycles. The van der Waals surface area contributed by atoms with E-state index in [1.54, 1.807) is 6.07 Å². The Morgan fingerprint density at radius 1 is 1.47 bits per heavy atom. The number of aromatic nitrogens is 1. The van der Waals surface area contributed by atoms with E-state index in [0.29, 0.717) is 5.56 Å². The molecule has 0 radical (unpaired) electrons. The fraction of sp³-hybridized carbons (Fsp3) is 0.308. The van der Waals surface area contributed by atoms with Crippen LogP contribution >= 0.6 is 0 Å². The highest BCUT2D eigenvalue weighted by Gasteiger charge is 2.10. The molecule has 2 aromatic rings. The van der Waals surface area contributed by atoms with Gasteiger partial charge in [-0.1, -0.05) is 6.07 Å². The second-order valence-electron chi connectivity index (χ2n) is 4.02. The normalized spacial score (nSPS) is 10.8. The maximum Gasteiger partial charge on any atom is 0.337 e. The lowest BCUT2D eigenvalue weighted by molar-refractivity contribution is 0.0601. The van der Waals surface area contributed by atoms with Crippen molar-refractivity contribution >= 4 is 16.9 Å². The van der Waals surface area contributed by atoms with E-state index in [1.807, 2.05) is 30.8 Å². The Hall–Kier alpha value is -1.81. The zero-order valence-corrected chi connectivity index (χ0v) is 10.3. The highest BCUT2D eigenvalue weighted by atomic mass is 16.5. The monoisotopic (exact) mass is 232 g/mol. The largest absolute Gasteiger partial charge is 0.465 e. The van der Waals surface area contributed by atoms with Crippen LogP contribution in [0.15, 0.2) is 24.4 Å². The Balaban J connectivity index is 2.55. The number of methoxy groups -OCH3 is 1. The highest BCUT2D eigenvalue weighted by molar-refractivity contribution is 5.95. The molecule has 0 unspecified atom stereocenters. The van der Waals surface area contributed by atoms with Crippen molar-refractivity contribution in [3.05, 3.63) is 35.5 Å². The average Bonchev–Trinajstić information content (AvgIpc) is 2.65. The summed E-state index contributed by atoms with van der Waals surface area (Å²) in [6, 6.07) is 5.63. The van der Waals surface area contributed by atoms with Gasteiger partial charge in [0.05, 0.1) is 12.7 Å². The fourth-order valence-corrected chi connectivity index (χ4v) is 2.04. The number of rotatable bonds is 3. The molecule has 1 N–H and O–H groups in total. The Labute approximate surface area is 100 Å². The van der Waals surface area contributed by atoms with Crippen LogP contribution in [-0.4, -0.2) is 24.7 Å². The minimum Gasteiger partial charge on any atom is -0.465 e. The van der Waals surface area contributed by atoms with Crippen molar-refractivity contribution in [2.45, 2.75) is 6.54 Å². The van der Waals surface area contributed by atoms with Crippen molar-refractivity contribution in [2.24, 2.45) is 7.05 Å². The van der Waals surface area contributed by atoms with Crippen LogP contribution in [0.3, 0.4) is 0 Å². The van der Waals surface area contributed by atoms with E-state index in [1.165, 1.54) is 12.7 Å². The molecule has 0 amide bonds. The Bertz CT molecular complexity index is 558. The molecule has 0 atom stereocenters. The van der Waals surface area contributed by atoms with Gasteiger partial charge in [0.15, 0.2) is 0 Å². The molecule has 1 aromatic heterocycles. The van der Waals surface area contributed by atoms with Crippen LogP contribution in [0, 0.1) is 0 Å². The topological polar surface area (TPSA) is 43.3 Å². The van der Waals surface area contributed by atoms with E-state index < -0.39 is 0 Å². The van der Waals surface area contributed by atoms with Gasteiger partial charge in [-0.05, 0) is 24.7 Å². The van der Waals surface area contributed by atoms with E-state index >= 15 is 0 Å². The number of nitrogens with zero attached hydrogens (tertiary/aromatic N) is 1. The fourth-order valence-electron chi connectivity index (χ4n) is 2.04. The maximum absolute atomic E-state index is 11.5. The quantitative estimate of drug-likeness (QED) is 0.819.